The largest absolute Gasteiger partial charge is 0.351 e. The lowest BCUT2D eigenvalue weighted by atomic mass is 10.0. The van der Waals surface area contributed by atoms with Gasteiger partial charge in [0.2, 0.25) is 5.91 Å². The summed E-state index contributed by atoms with van der Waals surface area (Å²) in [6, 6.07) is 6.58. The monoisotopic (exact) mass is 420 g/mol. The second kappa shape index (κ2) is 11.1. The van der Waals surface area contributed by atoms with Gasteiger partial charge in [0, 0.05) is 37.4 Å². The van der Waals surface area contributed by atoms with Crippen LogP contribution in [-0.4, -0.2) is 45.5 Å². The number of rotatable bonds is 8. The van der Waals surface area contributed by atoms with Crippen molar-refractivity contribution in [3.8, 4) is 0 Å². The Labute approximate surface area is 179 Å². The first kappa shape index (κ1) is 24.9. The molecule has 0 fully saturated rings. The number of hydrogen-bond acceptors (Lipinski definition) is 4. The molecule has 0 aliphatic carbocycles. The van der Waals surface area contributed by atoms with Crippen molar-refractivity contribution >= 4 is 35.4 Å². The van der Waals surface area contributed by atoms with E-state index in [1.54, 1.807) is 0 Å². The number of amides is 1. The normalized spacial score (nSPS) is 11.8. The van der Waals surface area contributed by atoms with Crippen molar-refractivity contribution < 1.29 is 4.79 Å². The van der Waals surface area contributed by atoms with Gasteiger partial charge in [-0.25, -0.2) is 4.98 Å². The Kier molecular flexibility index (Phi) is 9.53. The number of hydrogen-bond donors (Lipinski definition) is 1. The third-order valence-electron chi connectivity index (χ3n) is 4.86. The first-order chi connectivity index (χ1) is 13.2. The number of nitrogens with zero attached hydrogens (tertiary/aromatic N) is 3. The first-order valence-corrected chi connectivity index (χ1v) is 9.93. The van der Waals surface area contributed by atoms with Crippen LogP contribution in [-0.2, 0) is 4.79 Å². The van der Waals surface area contributed by atoms with Crippen LogP contribution in [0.25, 0.3) is 17.1 Å². The Morgan fingerprint density at radius 1 is 1.17 bits per heavy atom. The van der Waals surface area contributed by atoms with E-state index in [9.17, 15) is 9.59 Å². The summed E-state index contributed by atoms with van der Waals surface area (Å²) in [5.41, 5.74) is 1.57. The molecule has 0 atom stereocenters. The van der Waals surface area contributed by atoms with Crippen molar-refractivity contribution in [1.82, 2.24) is 19.8 Å². The molecule has 1 heterocycles. The number of fused-ring (bicyclic) bond motifs is 1. The Balaban J connectivity index is 0.00000420. The Morgan fingerprint density at radius 3 is 2.41 bits per heavy atom. The summed E-state index contributed by atoms with van der Waals surface area (Å²) in [6.07, 6.45) is 4.29. The maximum Gasteiger partial charge on any atom is 0.265 e. The molecule has 1 amide bonds. The van der Waals surface area contributed by atoms with Crippen LogP contribution in [0.5, 0.6) is 0 Å². The van der Waals surface area contributed by atoms with Crippen LogP contribution >= 0.6 is 12.4 Å². The van der Waals surface area contributed by atoms with Gasteiger partial charge in [0.05, 0.1) is 10.9 Å². The molecule has 160 valence electrons. The lowest BCUT2D eigenvalue weighted by Crippen LogP contribution is -2.42. The topological polar surface area (TPSA) is 67.2 Å². The van der Waals surface area contributed by atoms with Crippen LogP contribution in [0.3, 0.4) is 0 Å². The van der Waals surface area contributed by atoms with E-state index in [4.69, 9.17) is 0 Å². The second-order valence-electron chi connectivity index (χ2n) is 7.92. The van der Waals surface area contributed by atoms with Gasteiger partial charge in [-0.05, 0) is 51.3 Å². The Morgan fingerprint density at radius 2 is 1.83 bits per heavy atom. The summed E-state index contributed by atoms with van der Waals surface area (Å²) in [4.78, 5) is 31.4. The van der Waals surface area contributed by atoms with Gasteiger partial charge in [0.1, 0.15) is 6.33 Å². The molecule has 0 radical (unpaired) electrons. The second-order valence-corrected chi connectivity index (χ2v) is 7.92. The van der Waals surface area contributed by atoms with E-state index in [0.717, 1.165) is 12.1 Å². The molecular formula is C22H33ClN4O2. The SMILES string of the molecule is CC(C)c1ccc2ncn(/C=C/C(=O)NCCN(C(C)C)C(C)C)c(=O)c2c1.Cl. The quantitative estimate of drug-likeness (QED) is 0.662. The Hall–Kier alpha value is -2.18. The van der Waals surface area contributed by atoms with Gasteiger partial charge in [-0.3, -0.25) is 19.1 Å². The predicted octanol–water partition coefficient (Wildman–Crippen LogP) is 3.65. The molecule has 7 heteroatoms. The zero-order valence-corrected chi connectivity index (χ0v) is 19.0. The summed E-state index contributed by atoms with van der Waals surface area (Å²) in [7, 11) is 0. The molecule has 0 aliphatic heterocycles. The van der Waals surface area contributed by atoms with Crippen molar-refractivity contribution in [2.45, 2.75) is 59.5 Å². The number of nitrogens with one attached hydrogen (secondary N) is 1. The van der Waals surface area contributed by atoms with Crippen LogP contribution in [0.2, 0.25) is 0 Å². The van der Waals surface area contributed by atoms with E-state index in [1.807, 2.05) is 18.2 Å². The van der Waals surface area contributed by atoms with Gasteiger partial charge < -0.3 is 5.32 Å². The van der Waals surface area contributed by atoms with Gasteiger partial charge in [-0.2, -0.15) is 0 Å². The maximum absolute atomic E-state index is 12.7. The fourth-order valence-corrected chi connectivity index (χ4v) is 3.25. The highest BCUT2D eigenvalue weighted by Crippen LogP contribution is 2.17. The highest BCUT2D eigenvalue weighted by molar-refractivity contribution is 5.90. The fraction of sp³-hybridized carbons (Fsp3) is 0.500. The summed E-state index contributed by atoms with van der Waals surface area (Å²) in [5.74, 6) is 0.102. The van der Waals surface area contributed by atoms with Gasteiger partial charge >= 0.3 is 0 Å². The molecule has 0 spiro atoms. The van der Waals surface area contributed by atoms with Crippen LogP contribution in [0, 0.1) is 0 Å². The average Bonchev–Trinajstić information content (AvgIpc) is 2.63. The van der Waals surface area contributed by atoms with Crippen molar-refractivity contribution in [1.29, 1.82) is 0 Å². The molecular weight excluding hydrogens is 388 g/mol. The Bertz CT molecular complexity index is 895. The van der Waals surface area contributed by atoms with Crippen molar-refractivity contribution in [3.63, 3.8) is 0 Å². The van der Waals surface area contributed by atoms with Gasteiger partial charge in [-0.1, -0.05) is 19.9 Å². The van der Waals surface area contributed by atoms with E-state index < -0.39 is 0 Å². The number of halogens is 1. The lowest BCUT2D eigenvalue weighted by Gasteiger charge is -2.30. The van der Waals surface area contributed by atoms with Crippen LogP contribution < -0.4 is 10.9 Å². The highest BCUT2D eigenvalue weighted by atomic mass is 35.5. The standard InChI is InChI=1S/C22H32N4O2.ClH/c1-15(2)18-7-8-20-19(13-18)22(28)25(14-24-20)11-9-21(27)23-10-12-26(16(3)4)17(5)6;/h7-9,11,13-17H,10,12H2,1-6H3,(H,23,27);1H/b11-9+;. The molecule has 1 N–H and O–H groups in total. The minimum atomic E-state index is -0.226. The number of carbonyl (C=O) groups is 1. The van der Waals surface area contributed by atoms with Crippen LogP contribution in [0.1, 0.15) is 53.0 Å². The average molecular weight is 421 g/mol. The smallest absolute Gasteiger partial charge is 0.265 e. The minimum Gasteiger partial charge on any atom is -0.351 e. The zero-order chi connectivity index (χ0) is 20.8. The first-order valence-electron chi connectivity index (χ1n) is 9.93. The van der Waals surface area contributed by atoms with Crippen LogP contribution in [0.15, 0.2) is 35.4 Å². The molecule has 2 aromatic rings. The third kappa shape index (κ3) is 6.68. The van der Waals surface area contributed by atoms with E-state index in [-0.39, 0.29) is 23.9 Å². The fourth-order valence-electron chi connectivity index (χ4n) is 3.25. The summed E-state index contributed by atoms with van der Waals surface area (Å²) in [6.45, 7) is 14.1. The molecule has 1 aromatic heterocycles. The molecule has 1 aromatic carbocycles. The summed E-state index contributed by atoms with van der Waals surface area (Å²) in [5, 5.41) is 3.43. The number of benzene rings is 1. The van der Waals surface area contributed by atoms with E-state index in [2.05, 4.69) is 56.7 Å². The summed E-state index contributed by atoms with van der Waals surface area (Å²) < 4.78 is 1.35. The zero-order valence-electron chi connectivity index (χ0n) is 18.2. The van der Waals surface area contributed by atoms with Crippen LogP contribution in [0.4, 0.5) is 0 Å². The van der Waals surface area contributed by atoms with Gasteiger partial charge in [0.25, 0.3) is 5.56 Å². The molecule has 0 aliphatic rings. The maximum atomic E-state index is 12.7. The molecule has 0 unspecified atom stereocenters. The molecule has 0 saturated heterocycles. The molecule has 6 nitrogen and oxygen atoms in total. The predicted molar refractivity (Wildman–Crippen MR) is 123 cm³/mol. The van der Waals surface area contributed by atoms with Crippen molar-refractivity contribution in [3.05, 3.63) is 46.5 Å². The number of aromatic nitrogens is 2. The van der Waals surface area contributed by atoms with Crippen molar-refractivity contribution in [2.75, 3.05) is 13.1 Å². The number of carbonyl (C=O) groups excluding carboxylic acids is 1. The summed E-state index contributed by atoms with van der Waals surface area (Å²) >= 11 is 0. The molecule has 0 bridgehead atoms. The molecule has 0 saturated carbocycles. The van der Waals surface area contributed by atoms with E-state index in [1.165, 1.54) is 23.2 Å². The highest BCUT2D eigenvalue weighted by Gasteiger charge is 2.12. The lowest BCUT2D eigenvalue weighted by molar-refractivity contribution is -0.116. The van der Waals surface area contributed by atoms with Gasteiger partial charge in [-0.15, -0.1) is 12.4 Å². The van der Waals surface area contributed by atoms with E-state index >= 15 is 0 Å². The van der Waals surface area contributed by atoms with E-state index in [0.29, 0.717) is 35.4 Å². The van der Waals surface area contributed by atoms with Crippen molar-refractivity contribution in [2.24, 2.45) is 0 Å². The molecule has 29 heavy (non-hydrogen) atoms. The third-order valence-corrected chi connectivity index (χ3v) is 4.86. The van der Waals surface area contributed by atoms with Gasteiger partial charge in [0.15, 0.2) is 0 Å². The minimum absolute atomic E-state index is 0. The molecule has 2 rings (SSSR count).